The molecule has 0 saturated heterocycles. The van der Waals surface area contributed by atoms with E-state index in [1.54, 1.807) is 13.3 Å². The summed E-state index contributed by atoms with van der Waals surface area (Å²) < 4.78 is 13.7. The van der Waals surface area contributed by atoms with Crippen LogP contribution in [0.25, 0.3) is 22.1 Å². The van der Waals surface area contributed by atoms with Gasteiger partial charge in [-0.25, -0.2) is 5.43 Å². The Morgan fingerprint density at radius 2 is 1.76 bits per heavy atom. The molecule has 0 spiro atoms. The number of nitrogens with zero attached hydrogens (tertiary/aromatic N) is 5. The molecule has 0 aliphatic carbocycles. The lowest BCUT2D eigenvalue weighted by Gasteiger charge is -2.11. The van der Waals surface area contributed by atoms with Crippen molar-refractivity contribution in [2.75, 3.05) is 12.5 Å². The number of aromatic nitrogens is 4. The van der Waals surface area contributed by atoms with Crippen LogP contribution in [-0.2, 0) is 13.2 Å². The number of rotatable bonds is 12. The molecule has 3 aromatic carbocycles. The Kier molecular flexibility index (Phi) is 8.08. The molecule has 0 saturated carbocycles. The van der Waals surface area contributed by atoms with E-state index in [1.165, 1.54) is 19.3 Å². The van der Waals surface area contributed by atoms with Crippen molar-refractivity contribution >= 4 is 34.2 Å². The van der Waals surface area contributed by atoms with E-state index in [-0.39, 0.29) is 0 Å². The minimum Gasteiger partial charge on any atom is -0.493 e. The standard InChI is InChI=1S/C30H32N6O2/c1-3-4-5-11-18-36-25-15-10-9-14-24(25)28-29(36)32-30(35-33-28)34-31-20-23-16-17-26(27(19-23)37-2)38-21-22-12-7-6-8-13-22/h6-10,12-17,19-20H,3-5,11,18,21H2,1-2H3,(H,32,34,35)/b31-20+. The van der Waals surface area contributed by atoms with Crippen LogP contribution >= 0.6 is 0 Å². The molecule has 0 bridgehead atoms. The van der Waals surface area contributed by atoms with Crippen molar-refractivity contribution < 1.29 is 9.47 Å². The SMILES string of the molecule is CCCCCCn1c2ccccc2c2nnc(N/N=C/c3ccc(OCc4ccccc4)c(OC)c3)nc21. The van der Waals surface area contributed by atoms with Crippen LogP contribution in [-0.4, -0.2) is 33.1 Å². The predicted molar refractivity (Wildman–Crippen MR) is 152 cm³/mol. The van der Waals surface area contributed by atoms with Gasteiger partial charge in [0, 0.05) is 11.9 Å². The van der Waals surface area contributed by atoms with Gasteiger partial charge >= 0.3 is 0 Å². The number of fused-ring (bicyclic) bond motifs is 3. The average Bonchev–Trinajstić information content (AvgIpc) is 3.28. The molecule has 5 aromatic rings. The highest BCUT2D eigenvalue weighted by atomic mass is 16.5. The van der Waals surface area contributed by atoms with Gasteiger partial charge in [-0.3, -0.25) is 0 Å². The van der Waals surface area contributed by atoms with Crippen molar-refractivity contribution in [2.45, 2.75) is 45.8 Å². The molecule has 0 aliphatic rings. The summed E-state index contributed by atoms with van der Waals surface area (Å²) in [5.41, 5.74) is 7.62. The Hall–Kier alpha value is -4.46. The number of benzene rings is 3. The van der Waals surface area contributed by atoms with Crippen molar-refractivity contribution in [3.05, 3.63) is 83.9 Å². The van der Waals surface area contributed by atoms with Crippen LogP contribution in [0, 0.1) is 0 Å². The highest BCUT2D eigenvalue weighted by Crippen LogP contribution is 2.29. The fraction of sp³-hybridized carbons (Fsp3) is 0.267. The van der Waals surface area contributed by atoms with Crippen LogP contribution in [0.5, 0.6) is 11.5 Å². The average molecular weight is 509 g/mol. The molecule has 0 atom stereocenters. The minimum atomic E-state index is 0.348. The van der Waals surface area contributed by atoms with E-state index in [2.05, 4.69) is 44.3 Å². The molecule has 8 heteroatoms. The predicted octanol–water partition coefficient (Wildman–Crippen LogP) is 6.59. The molecule has 0 fully saturated rings. The topological polar surface area (TPSA) is 86.5 Å². The number of hydrazone groups is 1. The largest absolute Gasteiger partial charge is 0.493 e. The van der Waals surface area contributed by atoms with Gasteiger partial charge in [0.2, 0.25) is 0 Å². The quantitative estimate of drug-likeness (QED) is 0.116. The maximum atomic E-state index is 5.95. The van der Waals surface area contributed by atoms with Gasteiger partial charge in [0.15, 0.2) is 17.1 Å². The number of ether oxygens (including phenoxy) is 2. The van der Waals surface area contributed by atoms with Crippen LogP contribution in [0.4, 0.5) is 5.95 Å². The van der Waals surface area contributed by atoms with E-state index in [0.717, 1.165) is 46.2 Å². The Labute approximate surface area is 222 Å². The molecule has 2 aromatic heterocycles. The van der Waals surface area contributed by atoms with Crippen molar-refractivity contribution in [3.8, 4) is 11.5 Å². The summed E-state index contributed by atoms with van der Waals surface area (Å²) in [5, 5.41) is 14.2. The van der Waals surface area contributed by atoms with E-state index in [1.807, 2.05) is 60.7 Å². The van der Waals surface area contributed by atoms with Gasteiger partial charge in [0.25, 0.3) is 5.95 Å². The molecule has 194 valence electrons. The highest BCUT2D eigenvalue weighted by molar-refractivity contribution is 6.04. The second-order valence-corrected chi connectivity index (χ2v) is 9.09. The lowest BCUT2D eigenvalue weighted by molar-refractivity contribution is 0.284. The Morgan fingerprint density at radius 3 is 2.61 bits per heavy atom. The number of nitrogens with one attached hydrogen (secondary N) is 1. The molecule has 0 aliphatic heterocycles. The molecule has 5 rings (SSSR count). The summed E-state index contributed by atoms with van der Waals surface area (Å²) in [6, 6.07) is 24.0. The maximum absolute atomic E-state index is 5.95. The molecule has 8 nitrogen and oxygen atoms in total. The first-order chi connectivity index (χ1) is 18.8. The fourth-order valence-corrected chi connectivity index (χ4v) is 4.46. The number of hydrogen-bond acceptors (Lipinski definition) is 7. The molecule has 0 amide bonds. The molecule has 1 N–H and O–H groups in total. The van der Waals surface area contributed by atoms with E-state index in [4.69, 9.17) is 14.5 Å². The third kappa shape index (κ3) is 5.75. The number of hydrogen-bond donors (Lipinski definition) is 1. The van der Waals surface area contributed by atoms with Crippen LogP contribution in [0.3, 0.4) is 0 Å². The molecular weight excluding hydrogens is 476 g/mol. The number of unbranched alkanes of at least 4 members (excludes halogenated alkanes) is 3. The smallest absolute Gasteiger partial charge is 0.265 e. The summed E-state index contributed by atoms with van der Waals surface area (Å²) in [5.74, 6) is 1.66. The van der Waals surface area contributed by atoms with Crippen LogP contribution < -0.4 is 14.9 Å². The third-order valence-electron chi connectivity index (χ3n) is 6.41. The second kappa shape index (κ2) is 12.2. The van der Waals surface area contributed by atoms with E-state index < -0.39 is 0 Å². The van der Waals surface area contributed by atoms with Crippen LogP contribution in [0.15, 0.2) is 77.9 Å². The number of anilines is 1. The summed E-state index contributed by atoms with van der Waals surface area (Å²) >= 11 is 0. The molecule has 0 radical (unpaired) electrons. The maximum Gasteiger partial charge on any atom is 0.265 e. The van der Waals surface area contributed by atoms with Crippen molar-refractivity contribution in [1.82, 2.24) is 19.7 Å². The van der Waals surface area contributed by atoms with Gasteiger partial charge in [0.05, 0.1) is 18.8 Å². The minimum absolute atomic E-state index is 0.348. The number of para-hydroxylation sites is 1. The molecular formula is C30H32N6O2. The normalized spacial score (nSPS) is 11.4. The van der Waals surface area contributed by atoms with E-state index >= 15 is 0 Å². The Balaban J connectivity index is 1.31. The summed E-state index contributed by atoms with van der Waals surface area (Å²) in [6.45, 7) is 3.58. The zero-order valence-corrected chi connectivity index (χ0v) is 21.8. The molecule has 2 heterocycles. The van der Waals surface area contributed by atoms with Crippen LogP contribution in [0.1, 0.15) is 43.7 Å². The van der Waals surface area contributed by atoms with Crippen LogP contribution in [0.2, 0.25) is 0 Å². The summed E-state index contributed by atoms with van der Waals surface area (Å²) in [4.78, 5) is 4.76. The first-order valence-electron chi connectivity index (χ1n) is 13.0. The van der Waals surface area contributed by atoms with E-state index in [9.17, 15) is 0 Å². The monoisotopic (exact) mass is 508 g/mol. The zero-order chi connectivity index (χ0) is 26.2. The Morgan fingerprint density at radius 1 is 0.921 bits per heavy atom. The van der Waals surface area contributed by atoms with Crippen molar-refractivity contribution in [3.63, 3.8) is 0 Å². The Bertz CT molecular complexity index is 1530. The van der Waals surface area contributed by atoms with Gasteiger partial charge in [-0.1, -0.05) is 74.7 Å². The van der Waals surface area contributed by atoms with Crippen molar-refractivity contribution in [2.24, 2.45) is 5.10 Å². The first kappa shape index (κ1) is 25.2. The molecule has 0 unspecified atom stereocenters. The molecule has 38 heavy (non-hydrogen) atoms. The highest BCUT2D eigenvalue weighted by Gasteiger charge is 2.14. The number of aryl methyl sites for hydroxylation is 1. The second-order valence-electron chi connectivity index (χ2n) is 9.09. The third-order valence-corrected chi connectivity index (χ3v) is 6.41. The van der Waals surface area contributed by atoms with Gasteiger partial charge in [-0.05, 0) is 41.8 Å². The van der Waals surface area contributed by atoms with Gasteiger partial charge < -0.3 is 14.0 Å². The van der Waals surface area contributed by atoms with E-state index in [0.29, 0.717) is 24.1 Å². The van der Waals surface area contributed by atoms with Gasteiger partial charge in [0.1, 0.15) is 12.1 Å². The number of methoxy groups -OCH3 is 1. The summed E-state index contributed by atoms with van der Waals surface area (Å²) in [6.07, 6.45) is 6.42. The zero-order valence-electron chi connectivity index (χ0n) is 21.8. The lowest BCUT2D eigenvalue weighted by Crippen LogP contribution is -2.03. The van der Waals surface area contributed by atoms with Crippen molar-refractivity contribution in [1.29, 1.82) is 0 Å². The van der Waals surface area contributed by atoms with Gasteiger partial charge in [-0.15, -0.1) is 10.2 Å². The van der Waals surface area contributed by atoms with Gasteiger partial charge in [-0.2, -0.15) is 10.1 Å². The first-order valence-corrected chi connectivity index (χ1v) is 13.0. The lowest BCUT2D eigenvalue weighted by atomic mass is 10.2. The summed E-state index contributed by atoms with van der Waals surface area (Å²) in [7, 11) is 1.62. The fourth-order valence-electron chi connectivity index (χ4n) is 4.46.